The molecule has 1 aliphatic rings. The van der Waals surface area contributed by atoms with Crippen molar-refractivity contribution in [3.8, 4) is 0 Å². The van der Waals surface area contributed by atoms with E-state index in [1.807, 2.05) is 0 Å². The Bertz CT molecular complexity index is 335. The van der Waals surface area contributed by atoms with Gasteiger partial charge in [-0.05, 0) is 59.2 Å². The predicted molar refractivity (Wildman–Crippen MR) is 117 cm³/mol. The van der Waals surface area contributed by atoms with Gasteiger partial charge in [-0.1, -0.05) is 13.8 Å². The van der Waals surface area contributed by atoms with Crippen LogP contribution in [0, 0.1) is 5.92 Å². The highest BCUT2D eigenvalue weighted by Crippen LogP contribution is 2.06. The van der Waals surface area contributed by atoms with E-state index in [1.54, 1.807) is 0 Å². The number of rotatable bonds is 8. The summed E-state index contributed by atoms with van der Waals surface area (Å²) in [5, 5.41) is 6.91. The molecular weight excluding hydrogens is 413 g/mol. The molecule has 1 heterocycles. The van der Waals surface area contributed by atoms with Crippen LogP contribution >= 0.6 is 24.0 Å². The van der Waals surface area contributed by atoms with Crippen molar-refractivity contribution in [2.45, 2.75) is 53.0 Å². The molecule has 0 radical (unpaired) electrons. The summed E-state index contributed by atoms with van der Waals surface area (Å²) in [5.74, 6) is 1.73. The van der Waals surface area contributed by atoms with Crippen LogP contribution in [0.2, 0.25) is 0 Å². The van der Waals surface area contributed by atoms with E-state index in [-0.39, 0.29) is 24.0 Å². The van der Waals surface area contributed by atoms with E-state index in [0.29, 0.717) is 6.04 Å². The number of aliphatic imine (C=N–C) groups is 1. The predicted octanol–water partition coefficient (Wildman–Crippen LogP) is 2.62. The molecule has 2 N–H and O–H groups in total. The Hall–Kier alpha value is -0.0800. The lowest BCUT2D eigenvalue weighted by molar-refractivity contribution is 0.283. The second-order valence-corrected chi connectivity index (χ2v) is 7.28. The first kappa shape index (κ1) is 23.9. The van der Waals surface area contributed by atoms with Crippen molar-refractivity contribution in [2.24, 2.45) is 10.9 Å². The molecule has 1 aliphatic heterocycles. The van der Waals surface area contributed by atoms with Gasteiger partial charge in [-0.15, -0.1) is 24.0 Å². The summed E-state index contributed by atoms with van der Waals surface area (Å²) in [6.45, 7) is 16.6. The molecule has 6 heteroatoms. The zero-order valence-corrected chi connectivity index (χ0v) is 18.8. The van der Waals surface area contributed by atoms with Crippen LogP contribution in [0.5, 0.6) is 0 Å². The van der Waals surface area contributed by atoms with E-state index < -0.39 is 0 Å². The van der Waals surface area contributed by atoms with Gasteiger partial charge >= 0.3 is 0 Å². The maximum Gasteiger partial charge on any atom is 0.191 e. The van der Waals surface area contributed by atoms with Gasteiger partial charge in [0.1, 0.15) is 0 Å². The van der Waals surface area contributed by atoms with Crippen molar-refractivity contribution in [1.29, 1.82) is 0 Å². The van der Waals surface area contributed by atoms with E-state index in [2.05, 4.69) is 55.2 Å². The molecule has 1 saturated heterocycles. The molecule has 0 aliphatic carbocycles. The van der Waals surface area contributed by atoms with Gasteiger partial charge in [0, 0.05) is 32.2 Å². The molecule has 0 aromatic heterocycles. The van der Waals surface area contributed by atoms with Gasteiger partial charge in [0.25, 0.3) is 0 Å². The summed E-state index contributed by atoms with van der Waals surface area (Å²) in [5.41, 5.74) is 0. The molecular formula is C18H40IN5. The maximum absolute atomic E-state index is 4.76. The Balaban J connectivity index is 0.00000529. The average molecular weight is 453 g/mol. The van der Waals surface area contributed by atoms with Crippen LogP contribution in [-0.4, -0.2) is 74.7 Å². The van der Waals surface area contributed by atoms with Gasteiger partial charge in [-0.25, -0.2) is 0 Å². The van der Waals surface area contributed by atoms with Crippen molar-refractivity contribution in [1.82, 2.24) is 20.4 Å². The van der Waals surface area contributed by atoms with E-state index in [9.17, 15) is 0 Å². The fourth-order valence-corrected chi connectivity index (χ4v) is 2.84. The quantitative estimate of drug-likeness (QED) is 0.337. The first-order valence-corrected chi connectivity index (χ1v) is 9.47. The largest absolute Gasteiger partial charge is 0.357 e. The highest BCUT2D eigenvalue weighted by molar-refractivity contribution is 14.0. The molecule has 0 amide bonds. The summed E-state index contributed by atoms with van der Waals surface area (Å²) < 4.78 is 0. The smallest absolute Gasteiger partial charge is 0.191 e. The third-order valence-electron chi connectivity index (χ3n) is 4.40. The SMILES string of the molecule is CCNC(=NCCN1CCCN(C)CC1)NC(C)CCC(C)C.I. The number of nitrogens with one attached hydrogen (secondary N) is 2. The number of hydrogen-bond donors (Lipinski definition) is 2. The molecule has 144 valence electrons. The third kappa shape index (κ3) is 11.5. The fourth-order valence-electron chi connectivity index (χ4n) is 2.84. The van der Waals surface area contributed by atoms with Crippen LogP contribution < -0.4 is 10.6 Å². The number of hydrogen-bond acceptors (Lipinski definition) is 3. The number of likely N-dealkylation sites (N-methyl/N-ethyl adjacent to an activating group) is 1. The molecule has 0 saturated carbocycles. The fraction of sp³-hybridized carbons (Fsp3) is 0.944. The molecule has 0 aromatic rings. The number of guanidine groups is 1. The Morgan fingerprint density at radius 3 is 2.50 bits per heavy atom. The standard InChI is InChI=1S/C18H39N5.HI/c1-6-19-18(21-17(4)9-8-16(2)3)20-10-13-23-12-7-11-22(5)14-15-23;/h16-17H,6-15H2,1-5H3,(H2,19,20,21);1H. The van der Waals surface area contributed by atoms with Crippen LogP contribution in [0.4, 0.5) is 0 Å². The lowest BCUT2D eigenvalue weighted by Gasteiger charge is -2.21. The van der Waals surface area contributed by atoms with Gasteiger partial charge in [0.05, 0.1) is 6.54 Å². The van der Waals surface area contributed by atoms with Crippen LogP contribution in [0.25, 0.3) is 0 Å². The van der Waals surface area contributed by atoms with Crippen LogP contribution in [-0.2, 0) is 0 Å². The van der Waals surface area contributed by atoms with Gasteiger partial charge in [0.15, 0.2) is 5.96 Å². The highest BCUT2D eigenvalue weighted by atomic mass is 127. The van der Waals surface area contributed by atoms with Gasteiger partial charge in [0.2, 0.25) is 0 Å². The molecule has 1 fully saturated rings. The lowest BCUT2D eigenvalue weighted by Crippen LogP contribution is -2.42. The van der Waals surface area contributed by atoms with E-state index in [1.165, 1.54) is 45.4 Å². The molecule has 5 nitrogen and oxygen atoms in total. The Kier molecular flexibility index (Phi) is 14.1. The van der Waals surface area contributed by atoms with Crippen molar-refractivity contribution in [3.63, 3.8) is 0 Å². The minimum Gasteiger partial charge on any atom is -0.357 e. The van der Waals surface area contributed by atoms with Crippen molar-refractivity contribution < 1.29 is 0 Å². The van der Waals surface area contributed by atoms with Crippen LogP contribution in [0.1, 0.15) is 47.0 Å². The summed E-state index contributed by atoms with van der Waals surface area (Å²) in [6, 6.07) is 0.474. The molecule has 24 heavy (non-hydrogen) atoms. The zero-order chi connectivity index (χ0) is 17.1. The first-order chi connectivity index (χ1) is 11.0. The van der Waals surface area contributed by atoms with Crippen molar-refractivity contribution >= 4 is 29.9 Å². The number of nitrogens with zero attached hydrogens (tertiary/aromatic N) is 3. The van der Waals surface area contributed by atoms with Crippen LogP contribution in [0.3, 0.4) is 0 Å². The van der Waals surface area contributed by atoms with E-state index >= 15 is 0 Å². The monoisotopic (exact) mass is 453 g/mol. The Morgan fingerprint density at radius 2 is 1.83 bits per heavy atom. The summed E-state index contributed by atoms with van der Waals surface area (Å²) >= 11 is 0. The molecule has 0 aromatic carbocycles. The van der Waals surface area contributed by atoms with Crippen LogP contribution in [0.15, 0.2) is 4.99 Å². The molecule has 0 spiro atoms. The second kappa shape index (κ2) is 14.1. The van der Waals surface area contributed by atoms with Crippen molar-refractivity contribution in [2.75, 3.05) is 52.9 Å². The summed E-state index contributed by atoms with van der Waals surface area (Å²) in [6.07, 6.45) is 3.72. The summed E-state index contributed by atoms with van der Waals surface area (Å²) in [4.78, 5) is 9.73. The Labute approximate surface area is 167 Å². The minimum absolute atomic E-state index is 0. The first-order valence-electron chi connectivity index (χ1n) is 9.47. The molecule has 1 unspecified atom stereocenters. The Morgan fingerprint density at radius 1 is 1.08 bits per heavy atom. The van der Waals surface area contributed by atoms with Gasteiger partial charge in [-0.2, -0.15) is 0 Å². The van der Waals surface area contributed by atoms with E-state index in [4.69, 9.17) is 4.99 Å². The second-order valence-electron chi connectivity index (χ2n) is 7.28. The van der Waals surface area contributed by atoms with E-state index in [0.717, 1.165) is 31.5 Å². The van der Waals surface area contributed by atoms with Gasteiger partial charge < -0.3 is 20.4 Å². The zero-order valence-electron chi connectivity index (χ0n) is 16.5. The van der Waals surface area contributed by atoms with Gasteiger partial charge in [-0.3, -0.25) is 4.99 Å². The normalized spacial score (nSPS) is 18.8. The van der Waals surface area contributed by atoms with Crippen molar-refractivity contribution in [3.05, 3.63) is 0 Å². The maximum atomic E-state index is 4.76. The minimum atomic E-state index is 0. The molecule has 1 atom stereocenters. The topological polar surface area (TPSA) is 42.9 Å². The highest BCUT2D eigenvalue weighted by Gasteiger charge is 2.11. The number of halogens is 1. The summed E-state index contributed by atoms with van der Waals surface area (Å²) in [7, 11) is 2.22. The lowest BCUT2D eigenvalue weighted by atomic mass is 10.0. The molecule has 0 bridgehead atoms. The molecule has 1 rings (SSSR count). The third-order valence-corrected chi connectivity index (χ3v) is 4.40. The average Bonchev–Trinajstić information content (AvgIpc) is 2.70.